The SMILES string of the molecule is CCCN(C1CCN(C(=O)N2CCNCC2)CC1)[C@@H]1CCc2ccc(OC)cc2C1. The number of benzene rings is 1. The second-order valence-corrected chi connectivity index (χ2v) is 9.01. The summed E-state index contributed by atoms with van der Waals surface area (Å²) in [5, 5.41) is 3.33. The maximum atomic E-state index is 12.9. The molecular formula is C24H38N4O2. The Bertz CT molecular complexity index is 711. The standard InChI is InChI=1S/C24H38N4O2/c1-3-12-28(22-6-4-19-5-7-23(30-2)18-20(19)17-22)21-8-13-26(14-9-21)24(29)27-15-10-25-11-16-27/h5,7,18,21-22,25H,3-4,6,8-17H2,1-2H3/t22-/m1/s1. The molecule has 6 heteroatoms. The number of amides is 2. The van der Waals surface area contributed by atoms with E-state index in [1.54, 1.807) is 7.11 Å². The average molecular weight is 415 g/mol. The normalized spacial score (nSPS) is 22.8. The van der Waals surface area contributed by atoms with Crippen molar-refractivity contribution in [1.82, 2.24) is 20.0 Å². The molecule has 3 aliphatic rings. The van der Waals surface area contributed by atoms with Crippen LogP contribution in [0.5, 0.6) is 5.75 Å². The molecule has 0 aromatic heterocycles. The number of nitrogens with zero attached hydrogens (tertiary/aromatic N) is 3. The molecule has 2 heterocycles. The Balaban J connectivity index is 1.37. The molecule has 0 bridgehead atoms. The molecule has 2 aliphatic heterocycles. The van der Waals surface area contributed by atoms with Gasteiger partial charge in [-0.25, -0.2) is 4.79 Å². The number of methoxy groups -OCH3 is 1. The van der Waals surface area contributed by atoms with Crippen molar-refractivity contribution < 1.29 is 9.53 Å². The Hall–Kier alpha value is -1.79. The molecule has 1 N–H and O–H groups in total. The fraction of sp³-hybridized carbons (Fsp3) is 0.708. The summed E-state index contributed by atoms with van der Waals surface area (Å²) in [4.78, 5) is 19.7. The number of piperazine rings is 1. The number of hydrogen-bond donors (Lipinski definition) is 1. The summed E-state index contributed by atoms with van der Waals surface area (Å²) in [6.07, 6.45) is 6.89. The van der Waals surface area contributed by atoms with Crippen LogP contribution in [0.1, 0.15) is 43.7 Å². The first-order valence-corrected chi connectivity index (χ1v) is 11.9. The van der Waals surface area contributed by atoms with Crippen LogP contribution in [0.3, 0.4) is 0 Å². The van der Waals surface area contributed by atoms with Crippen LogP contribution in [0.2, 0.25) is 0 Å². The highest BCUT2D eigenvalue weighted by Crippen LogP contribution is 2.31. The zero-order valence-electron chi connectivity index (χ0n) is 18.7. The topological polar surface area (TPSA) is 48.0 Å². The molecule has 1 aromatic carbocycles. The smallest absolute Gasteiger partial charge is 0.320 e. The minimum absolute atomic E-state index is 0.246. The van der Waals surface area contributed by atoms with Crippen molar-refractivity contribution in [2.24, 2.45) is 0 Å². The molecule has 30 heavy (non-hydrogen) atoms. The number of ether oxygens (including phenoxy) is 1. The van der Waals surface area contributed by atoms with Crippen LogP contribution in [0.4, 0.5) is 4.79 Å². The van der Waals surface area contributed by atoms with Crippen LogP contribution in [0.15, 0.2) is 18.2 Å². The van der Waals surface area contributed by atoms with Crippen molar-refractivity contribution in [3.8, 4) is 5.75 Å². The van der Waals surface area contributed by atoms with Gasteiger partial charge in [0.05, 0.1) is 7.11 Å². The molecule has 1 aliphatic carbocycles. The highest BCUT2D eigenvalue weighted by molar-refractivity contribution is 5.74. The quantitative estimate of drug-likeness (QED) is 0.805. The van der Waals surface area contributed by atoms with Gasteiger partial charge in [0.25, 0.3) is 0 Å². The van der Waals surface area contributed by atoms with Crippen LogP contribution in [-0.4, -0.2) is 85.7 Å². The van der Waals surface area contributed by atoms with Crippen molar-refractivity contribution in [2.75, 3.05) is 52.9 Å². The number of fused-ring (bicyclic) bond motifs is 1. The number of likely N-dealkylation sites (tertiary alicyclic amines) is 1. The number of nitrogens with one attached hydrogen (secondary N) is 1. The number of carbonyl (C=O) groups is 1. The van der Waals surface area contributed by atoms with Crippen molar-refractivity contribution in [1.29, 1.82) is 0 Å². The summed E-state index contributed by atoms with van der Waals surface area (Å²) >= 11 is 0. The minimum Gasteiger partial charge on any atom is -0.497 e. The van der Waals surface area contributed by atoms with Gasteiger partial charge in [0, 0.05) is 51.4 Å². The van der Waals surface area contributed by atoms with E-state index in [4.69, 9.17) is 4.74 Å². The highest BCUT2D eigenvalue weighted by Gasteiger charge is 2.33. The van der Waals surface area contributed by atoms with Gasteiger partial charge in [-0.05, 0) is 68.3 Å². The fourth-order valence-corrected chi connectivity index (χ4v) is 5.49. The summed E-state index contributed by atoms with van der Waals surface area (Å²) in [5.41, 5.74) is 2.94. The summed E-state index contributed by atoms with van der Waals surface area (Å²) < 4.78 is 5.47. The summed E-state index contributed by atoms with van der Waals surface area (Å²) in [6, 6.07) is 8.01. The van der Waals surface area contributed by atoms with Gasteiger partial charge in [0.2, 0.25) is 0 Å². The van der Waals surface area contributed by atoms with Crippen molar-refractivity contribution in [2.45, 2.75) is 57.5 Å². The Morgan fingerprint density at radius 2 is 1.80 bits per heavy atom. The lowest BCUT2D eigenvalue weighted by Gasteiger charge is -2.44. The first-order chi connectivity index (χ1) is 14.7. The first kappa shape index (κ1) is 21.4. The average Bonchev–Trinajstić information content (AvgIpc) is 2.82. The molecule has 0 radical (unpaired) electrons. The number of urea groups is 1. The van der Waals surface area contributed by atoms with Gasteiger partial charge in [-0.2, -0.15) is 0 Å². The molecule has 2 fully saturated rings. The molecule has 6 nitrogen and oxygen atoms in total. The molecule has 1 atom stereocenters. The lowest BCUT2D eigenvalue weighted by Crippen LogP contribution is -2.56. The van der Waals surface area contributed by atoms with Gasteiger partial charge in [0.15, 0.2) is 0 Å². The third kappa shape index (κ3) is 4.75. The number of aryl methyl sites for hydroxylation is 1. The molecule has 1 aromatic rings. The van der Waals surface area contributed by atoms with Gasteiger partial charge in [-0.15, -0.1) is 0 Å². The molecule has 0 unspecified atom stereocenters. The minimum atomic E-state index is 0.246. The molecule has 2 saturated heterocycles. The molecule has 0 spiro atoms. The number of piperidine rings is 1. The Kier molecular flexibility index (Phi) is 7.16. The maximum Gasteiger partial charge on any atom is 0.320 e. The van der Waals surface area contributed by atoms with Gasteiger partial charge in [-0.1, -0.05) is 13.0 Å². The van der Waals surface area contributed by atoms with Crippen LogP contribution < -0.4 is 10.1 Å². The van der Waals surface area contributed by atoms with Crippen molar-refractivity contribution in [3.05, 3.63) is 29.3 Å². The van der Waals surface area contributed by atoms with Crippen molar-refractivity contribution in [3.63, 3.8) is 0 Å². The van der Waals surface area contributed by atoms with E-state index in [1.807, 2.05) is 4.90 Å². The molecule has 166 valence electrons. The maximum absolute atomic E-state index is 12.9. The predicted octanol–water partition coefficient (Wildman–Crippen LogP) is 2.75. The van der Waals surface area contributed by atoms with Crippen LogP contribution >= 0.6 is 0 Å². The van der Waals surface area contributed by atoms with Gasteiger partial charge < -0.3 is 19.9 Å². The van der Waals surface area contributed by atoms with E-state index in [0.29, 0.717) is 12.1 Å². The zero-order chi connectivity index (χ0) is 20.9. The summed E-state index contributed by atoms with van der Waals surface area (Å²) in [5.74, 6) is 0.969. The monoisotopic (exact) mass is 414 g/mol. The summed E-state index contributed by atoms with van der Waals surface area (Å²) in [6.45, 7) is 8.74. The Morgan fingerprint density at radius 3 is 2.50 bits per heavy atom. The van der Waals surface area contributed by atoms with Gasteiger partial charge in [-0.3, -0.25) is 4.90 Å². The third-order valence-corrected chi connectivity index (χ3v) is 7.16. The Labute approximate surface area is 181 Å². The molecular weight excluding hydrogens is 376 g/mol. The lowest BCUT2D eigenvalue weighted by atomic mass is 9.86. The largest absolute Gasteiger partial charge is 0.497 e. The Morgan fingerprint density at radius 1 is 1.07 bits per heavy atom. The zero-order valence-corrected chi connectivity index (χ0v) is 18.7. The van der Waals surface area contributed by atoms with Crippen LogP contribution in [0.25, 0.3) is 0 Å². The van der Waals surface area contributed by atoms with E-state index in [0.717, 1.165) is 77.2 Å². The van der Waals surface area contributed by atoms with Crippen molar-refractivity contribution >= 4 is 6.03 Å². The lowest BCUT2D eigenvalue weighted by molar-refractivity contribution is 0.0669. The van der Waals surface area contributed by atoms with E-state index in [2.05, 4.69) is 40.2 Å². The van der Waals surface area contributed by atoms with Gasteiger partial charge in [0.1, 0.15) is 5.75 Å². The number of carbonyl (C=O) groups excluding carboxylic acids is 1. The molecule has 2 amide bonds. The molecule has 4 rings (SSSR count). The van der Waals surface area contributed by atoms with Crippen LogP contribution in [0, 0.1) is 0 Å². The second-order valence-electron chi connectivity index (χ2n) is 9.01. The molecule has 0 saturated carbocycles. The van der Waals surface area contributed by atoms with E-state index >= 15 is 0 Å². The van der Waals surface area contributed by atoms with Crippen LogP contribution in [-0.2, 0) is 12.8 Å². The number of hydrogen-bond acceptors (Lipinski definition) is 4. The predicted molar refractivity (Wildman–Crippen MR) is 120 cm³/mol. The van der Waals surface area contributed by atoms with E-state index < -0.39 is 0 Å². The second kappa shape index (κ2) is 10.0. The van der Waals surface area contributed by atoms with Gasteiger partial charge >= 0.3 is 6.03 Å². The third-order valence-electron chi connectivity index (χ3n) is 7.16. The number of rotatable bonds is 5. The fourth-order valence-electron chi connectivity index (χ4n) is 5.49. The van der Waals surface area contributed by atoms with E-state index in [9.17, 15) is 4.79 Å². The highest BCUT2D eigenvalue weighted by atomic mass is 16.5. The summed E-state index contributed by atoms with van der Waals surface area (Å²) in [7, 11) is 1.75. The first-order valence-electron chi connectivity index (χ1n) is 11.9. The van der Waals surface area contributed by atoms with E-state index in [1.165, 1.54) is 24.0 Å². The van der Waals surface area contributed by atoms with E-state index in [-0.39, 0.29) is 6.03 Å².